The lowest BCUT2D eigenvalue weighted by molar-refractivity contribution is 0.0284. The van der Waals surface area contributed by atoms with Crippen molar-refractivity contribution < 1.29 is 0 Å². The van der Waals surface area contributed by atoms with E-state index in [1.807, 2.05) is 0 Å². The number of fused-ring (bicyclic) bond motifs is 4. The van der Waals surface area contributed by atoms with Crippen LogP contribution in [0.2, 0.25) is 0 Å². The van der Waals surface area contributed by atoms with E-state index in [-0.39, 0.29) is 0 Å². The highest BCUT2D eigenvalue weighted by Crippen LogP contribution is 2.49. The molecule has 120 valence electrons. The van der Waals surface area contributed by atoms with Gasteiger partial charge in [0.15, 0.2) is 0 Å². The minimum absolute atomic E-state index is 0.365. The summed E-state index contributed by atoms with van der Waals surface area (Å²) < 4.78 is 0. The highest BCUT2D eigenvalue weighted by atomic mass is 15.2. The molecule has 4 rings (SSSR count). The molecule has 0 spiro atoms. The molecular weight excluding hydrogens is 268 g/mol. The van der Waals surface area contributed by atoms with Gasteiger partial charge >= 0.3 is 0 Å². The number of anilines is 1. The topological polar surface area (TPSA) is 15.3 Å². The van der Waals surface area contributed by atoms with E-state index < -0.39 is 0 Å². The number of hydrogen-bond acceptors (Lipinski definition) is 2. The predicted octanol–water partition coefficient (Wildman–Crippen LogP) is 4.05. The van der Waals surface area contributed by atoms with Gasteiger partial charge in [-0.05, 0) is 79.7 Å². The van der Waals surface area contributed by atoms with E-state index in [2.05, 4.69) is 49.2 Å². The van der Waals surface area contributed by atoms with Crippen molar-refractivity contribution in [2.45, 2.75) is 57.9 Å². The Morgan fingerprint density at radius 3 is 2.86 bits per heavy atom. The molecule has 0 unspecified atom stereocenters. The molecule has 2 nitrogen and oxygen atoms in total. The van der Waals surface area contributed by atoms with Crippen LogP contribution >= 0.6 is 0 Å². The Labute approximate surface area is 135 Å². The lowest BCUT2D eigenvalue weighted by Crippen LogP contribution is -2.58. The second kappa shape index (κ2) is 5.26. The van der Waals surface area contributed by atoms with E-state index in [9.17, 15) is 0 Å². The highest BCUT2D eigenvalue weighted by Gasteiger charge is 2.48. The summed E-state index contributed by atoms with van der Waals surface area (Å²) in [5.41, 5.74) is 4.89. The molecule has 1 saturated carbocycles. The van der Waals surface area contributed by atoms with Crippen LogP contribution in [0.15, 0.2) is 18.2 Å². The standard InChI is InChI=1S/C20H30N2/c1-4-21-17-8-7-16-11-19-14(2)20(3,18(16)12-17)9-10-22(19)13-15-5-6-15/h7-8,12,14-15,19,21H,4-6,9-11,13H2,1-3H3/t14-,19+,20+/m1/s1. The summed E-state index contributed by atoms with van der Waals surface area (Å²) in [4.78, 5) is 2.82. The Bertz CT molecular complexity index is 563. The second-order valence-electron chi connectivity index (χ2n) is 8.07. The predicted molar refractivity (Wildman–Crippen MR) is 93.5 cm³/mol. The molecule has 2 bridgehead atoms. The maximum atomic E-state index is 3.50. The van der Waals surface area contributed by atoms with Crippen molar-refractivity contribution in [3.05, 3.63) is 29.3 Å². The van der Waals surface area contributed by atoms with Gasteiger partial charge in [0.1, 0.15) is 0 Å². The van der Waals surface area contributed by atoms with Gasteiger partial charge in [-0.1, -0.05) is 19.9 Å². The maximum absolute atomic E-state index is 3.50. The molecule has 3 atom stereocenters. The Kier molecular flexibility index (Phi) is 3.48. The monoisotopic (exact) mass is 298 g/mol. The zero-order chi connectivity index (χ0) is 15.3. The molecule has 3 aliphatic rings. The molecule has 22 heavy (non-hydrogen) atoms. The van der Waals surface area contributed by atoms with Crippen molar-refractivity contribution in [1.82, 2.24) is 4.90 Å². The first-order valence-corrected chi connectivity index (χ1v) is 9.23. The zero-order valence-corrected chi connectivity index (χ0v) is 14.4. The average molecular weight is 298 g/mol. The molecule has 1 heterocycles. The van der Waals surface area contributed by atoms with E-state index in [1.165, 1.54) is 44.5 Å². The van der Waals surface area contributed by atoms with Gasteiger partial charge in [-0.25, -0.2) is 0 Å². The minimum atomic E-state index is 0.365. The quantitative estimate of drug-likeness (QED) is 0.902. The Morgan fingerprint density at radius 1 is 1.32 bits per heavy atom. The molecule has 0 aromatic heterocycles. The van der Waals surface area contributed by atoms with Gasteiger partial charge in [0.2, 0.25) is 0 Å². The van der Waals surface area contributed by atoms with Crippen LogP contribution in [0.25, 0.3) is 0 Å². The van der Waals surface area contributed by atoms with Crippen molar-refractivity contribution in [3.8, 4) is 0 Å². The van der Waals surface area contributed by atoms with Gasteiger partial charge in [0.25, 0.3) is 0 Å². The lowest BCUT2D eigenvalue weighted by Gasteiger charge is -2.55. The summed E-state index contributed by atoms with van der Waals surface area (Å²) in [6.07, 6.45) is 5.51. The Morgan fingerprint density at radius 2 is 2.14 bits per heavy atom. The molecule has 1 aliphatic heterocycles. The number of nitrogens with one attached hydrogen (secondary N) is 1. The van der Waals surface area contributed by atoms with Gasteiger partial charge in [-0.2, -0.15) is 0 Å². The van der Waals surface area contributed by atoms with E-state index in [1.54, 1.807) is 11.1 Å². The molecule has 1 saturated heterocycles. The summed E-state index contributed by atoms with van der Waals surface area (Å²) in [6.45, 7) is 10.9. The minimum Gasteiger partial charge on any atom is -0.385 e. The largest absolute Gasteiger partial charge is 0.385 e. The molecule has 0 radical (unpaired) electrons. The Hall–Kier alpha value is -1.02. The third-order valence-electron chi connectivity index (χ3n) is 6.69. The Balaban J connectivity index is 1.67. The second-order valence-corrected chi connectivity index (χ2v) is 8.07. The third kappa shape index (κ3) is 2.27. The number of likely N-dealkylation sites (tertiary alicyclic amines) is 1. The summed E-state index contributed by atoms with van der Waals surface area (Å²) >= 11 is 0. The van der Waals surface area contributed by atoms with E-state index in [0.29, 0.717) is 5.41 Å². The van der Waals surface area contributed by atoms with Crippen LogP contribution in [0.3, 0.4) is 0 Å². The number of nitrogens with zero attached hydrogens (tertiary/aromatic N) is 1. The van der Waals surface area contributed by atoms with E-state index in [4.69, 9.17) is 0 Å². The van der Waals surface area contributed by atoms with Crippen LogP contribution in [0.1, 0.15) is 51.2 Å². The van der Waals surface area contributed by atoms with E-state index >= 15 is 0 Å². The summed E-state index contributed by atoms with van der Waals surface area (Å²) in [6, 6.07) is 7.88. The van der Waals surface area contributed by atoms with Gasteiger partial charge < -0.3 is 5.32 Å². The SMILES string of the molecule is CCNc1ccc2c(c1)[C@@]1(C)CCN(CC3CC3)[C@@H](C2)[C@H]1C. The van der Waals surface area contributed by atoms with Crippen molar-refractivity contribution in [2.24, 2.45) is 11.8 Å². The number of benzene rings is 1. The van der Waals surface area contributed by atoms with Crippen LogP contribution in [0.4, 0.5) is 5.69 Å². The molecule has 2 heteroatoms. The molecule has 2 fully saturated rings. The smallest absolute Gasteiger partial charge is 0.0343 e. The first-order chi connectivity index (χ1) is 10.6. The van der Waals surface area contributed by atoms with Crippen molar-refractivity contribution in [3.63, 3.8) is 0 Å². The van der Waals surface area contributed by atoms with Crippen LogP contribution < -0.4 is 5.32 Å². The van der Waals surface area contributed by atoms with Crippen LogP contribution in [-0.2, 0) is 11.8 Å². The molecule has 2 aliphatic carbocycles. The van der Waals surface area contributed by atoms with Gasteiger partial charge in [-0.3, -0.25) is 4.90 Å². The zero-order valence-electron chi connectivity index (χ0n) is 14.4. The normalized spacial score (nSPS) is 34.3. The van der Waals surface area contributed by atoms with Crippen LogP contribution in [-0.4, -0.2) is 30.6 Å². The average Bonchev–Trinajstić information content (AvgIpc) is 3.31. The summed E-state index contributed by atoms with van der Waals surface area (Å²) in [7, 11) is 0. The van der Waals surface area contributed by atoms with Gasteiger partial charge in [0, 0.05) is 24.8 Å². The maximum Gasteiger partial charge on any atom is 0.0343 e. The number of rotatable bonds is 4. The van der Waals surface area contributed by atoms with Gasteiger partial charge in [-0.15, -0.1) is 0 Å². The third-order valence-corrected chi connectivity index (χ3v) is 6.69. The molecule has 1 N–H and O–H groups in total. The lowest BCUT2D eigenvalue weighted by atomic mass is 9.59. The van der Waals surface area contributed by atoms with Gasteiger partial charge in [0.05, 0.1) is 0 Å². The molecular formula is C20H30N2. The number of hydrogen-bond donors (Lipinski definition) is 1. The molecule has 0 amide bonds. The fourth-order valence-corrected chi connectivity index (χ4v) is 4.88. The molecule has 1 aromatic rings. The summed E-state index contributed by atoms with van der Waals surface area (Å²) in [5.74, 6) is 1.78. The molecule has 1 aromatic carbocycles. The fraction of sp³-hybridized carbons (Fsp3) is 0.700. The van der Waals surface area contributed by atoms with Crippen molar-refractivity contribution >= 4 is 5.69 Å². The van der Waals surface area contributed by atoms with Crippen LogP contribution in [0, 0.1) is 11.8 Å². The van der Waals surface area contributed by atoms with E-state index in [0.717, 1.165) is 24.4 Å². The van der Waals surface area contributed by atoms with Crippen molar-refractivity contribution in [1.29, 1.82) is 0 Å². The first-order valence-electron chi connectivity index (χ1n) is 9.23. The first kappa shape index (κ1) is 14.6. The highest BCUT2D eigenvalue weighted by molar-refractivity contribution is 5.53. The number of piperidine rings is 1. The fourth-order valence-electron chi connectivity index (χ4n) is 4.88. The van der Waals surface area contributed by atoms with Crippen LogP contribution in [0.5, 0.6) is 0 Å². The summed E-state index contributed by atoms with van der Waals surface area (Å²) in [5, 5.41) is 3.50. The van der Waals surface area contributed by atoms with Crippen molar-refractivity contribution in [2.75, 3.05) is 25.0 Å².